The minimum absolute atomic E-state index is 1.20. The molecule has 1 heterocycles. The van der Waals surface area contributed by atoms with Crippen LogP contribution in [0.3, 0.4) is 0 Å². The molecular weight excluding hydrogens is 256 g/mol. The summed E-state index contributed by atoms with van der Waals surface area (Å²) in [5.41, 5.74) is 0. The second-order valence-corrected chi connectivity index (χ2v) is 5.69. The van der Waals surface area contributed by atoms with Gasteiger partial charge in [0.05, 0.1) is 3.79 Å². The Balaban J connectivity index is 2.60. The Kier molecular flexibility index (Phi) is 1.85. The predicted molar refractivity (Wildman–Crippen MR) is 67.0 cm³/mol. The average Bonchev–Trinajstić information content (AvgIpc) is 2.59. The Morgan fingerprint density at radius 1 is 0.929 bits per heavy atom. The van der Waals surface area contributed by atoms with Crippen molar-refractivity contribution in [1.29, 1.82) is 0 Å². The summed E-state index contributed by atoms with van der Waals surface area (Å²) in [6, 6.07) is 15.0. The number of hydrogen-bond acceptors (Lipinski definition) is 1. The zero-order valence-corrected chi connectivity index (χ0v) is 9.73. The molecule has 2 heteroatoms. The van der Waals surface area contributed by atoms with Gasteiger partial charge in [0.15, 0.2) is 0 Å². The van der Waals surface area contributed by atoms with Crippen LogP contribution in [0.25, 0.3) is 20.9 Å². The summed E-state index contributed by atoms with van der Waals surface area (Å²) in [5.74, 6) is 0. The number of halogens is 1. The third-order valence-corrected chi connectivity index (χ3v) is 4.07. The van der Waals surface area contributed by atoms with E-state index in [0.29, 0.717) is 0 Å². The number of thiophene rings is 1. The van der Waals surface area contributed by atoms with E-state index < -0.39 is 0 Å². The van der Waals surface area contributed by atoms with E-state index in [1.54, 1.807) is 11.3 Å². The molecule has 0 nitrogen and oxygen atoms in total. The summed E-state index contributed by atoms with van der Waals surface area (Å²) >= 11 is 5.33. The molecule has 3 aromatic rings. The molecule has 68 valence electrons. The van der Waals surface area contributed by atoms with Gasteiger partial charge in [-0.3, -0.25) is 0 Å². The molecule has 2 aromatic carbocycles. The van der Waals surface area contributed by atoms with E-state index >= 15 is 0 Å². The summed E-state index contributed by atoms with van der Waals surface area (Å²) in [6.45, 7) is 0. The minimum atomic E-state index is 1.20. The zero-order chi connectivity index (χ0) is 9.54. The van der Waals surface area contributed by atoms with E-state index in [2.05, 4.69) is 58.4 Å². The topological polar surface area (TPSA) is 0 Å². The molecule has 0 aliphatic rings. The molecule has 0 radical (unpaired) electrons. The molecule has 0 saturated carbocycles. The number of rotatable bonds is 0. The van der Waals surface area contributed by atoms with Crippen molar-refractivity contribution in [3.8, 4) is 0 Å². The van der Waals surface area contributed by atoms with Gasteiger partial charge in [-0.2, -0.15) is 0 Å². The third kappa shape index (κ3) is 1.18. The van der Waals surface area contributed by atoms with E-state index in [-0.39, 0.29) is 0 Å². The molecule has 0 atom stereocenters. The van der Waals surface area contributed by atoms with Crippen molar-refractivity contribution in [1.82, 2.24) is 0 Å². The first-order valence-corrected chi connectivity index (χ1v) is 6.02. The summed E-state index contributed by atoms with van der Waals surface area (Å²) in [5, 5.41) is 3.98. The van der Waals surface area contributed by atoms with Crippen LogP contribution in [0.2, 0.25) is 0 Å². The molecule has 1 aromatic heterocycles. The van der Waals surface area contributed by atoms with E-state index in [0.717, 1.165) is 0 Å². The third-order valence-electron chi connectivity index (χ3n) is 2.38. The van der Waals surface area contributed by atoms with Crippen molar-refractivity contribution in [3.63, 3.8) is 0 Å². The molecule has 0 unspecified atom stereocenters. The summed E-state index contributed by atoms with van der Waals surface area (Å²) in [6.07, 6.45) is 0. The second-order valence-electron chi connectivity index (χ2n) is 3.26. The van der Waals surface area contributed by atoms with Crippen LogP contribution in [-0.2, 0) is 0 Å². The van der Waals surface area contributed by atoms with Crippen LogP contribution in [0.4, 0.5) is 0 Å². The van der Waals surface area contributed by atoms with Crippen molar-refractivity contribution < 1.29 is 0 Å². The van der Waals surface area contributed by atoms with Crippen molar-refractivity contribution >= 4 is 48.1 Å². The van der Waals surface area contributed by atoms with Gasteiger partial charge < -0.3 is 0 Å². The fourth-order valence-electron chi connectivity index (χ4n) is 1.74. The maximum Gasteiger partial charge on any atom is 0.0711 e. The Labute approximate surface area is 94.3 Å². The lowest BCUT2D eigenvalue weighted by Gasteiger charge is -1.97. The Bertz CT molecular complexity index is 610. The highest BCUT2D eigenvalue weighted by atomic mass is 79.9. The first-order valence-electron chi connectivity index (χ1n) is 4.41. The van der Waals surface area contributed by atoms with Crippen LogP contribution in [0.15, 0.2) is 46.3 Å². The van der Waals surface area contributed by atoms with Crippen LogP contribution in [0.5, 0.6) is 0 Å². The smallest absolute Gasteiger partial charge is 0.0711 e. The molecule has 0 spiro atoms. The lowest BCUT2D eigenvalue weighted by atomic mass is 10.1. The van der Waals surface area contributed by atoms with Crippen molar-refractivity contribution in [2.75, 3.05) is 0 Å². The van der Waals surface area contributed by atoms with Gasteiger partial charge in [-0.05, 0) is 38.2 Å². The van der Waals surface area contributed by atoms with Gasteiger partial charge in [-0.15, -0.1) is 11.3 Å². The van der Waals surface area contributed by atoms with Gasteiger partial charge in [0.2, 0.25) is 0 Å². The molecule has 0 aliphatic heterocycles. The predicted octanol–water partition coefficient (Wildman–Crippen LogP) is 4.82. The molecule has 0 amide bonds. The van der Waals surface area contributed by atoms with E-state index in [1.165, 1.54) is 24.6 Å². The van der Waals surface area contributed by atoms with Gasteiger partial charge in [0.1, 0.15) is 0 Å². The van der Waals surface area contributed by atoms with Gasteiger partial charge in [0, 0.05) is 4.70 Å². The first-order chi connectivity index (χ1) is 6.84. The molecule has 14 heavy (non-hydrogen) atoms. The van der Waals surface area contributed by atoms with Crippen LogP contribution in [0, 0.1) is 0 Å². The van der Waals surface area contributed by atoms with Gasteiger partial charge in [-0.25, -0.2) is 0 Å². The fraction of sp³-hybridized carbons (Fsp3) is 0. The maximum atomic E-state index is 3.53. The first kappa shape index (κ1) is 8.45. The minimum Gasteiger partial charge on any atom is -0.128 e. The SMILES string of the molecule is Brc1cc2ccc3ccccc3c2s1. The van der Waals surface area contributed by atoms with Crippen LogP contribution in [-0.4, -0.2) is 0 Å². The Morgan fingerprint density at radius 3 is 2.64 bits per heavy atom. The number of hydrogen-bond donors (Lipinski definition) is 0. The molecule has 0 N–H and O–H groups in total. The van der Waals surface area contributed by atoms with Crippen molar-refractivity contribution in [2.24, 2.45) is 0 Å². The monoisotopic (exact) mass is 262 g/mol. The molecular formula is C12H7BrS. The Hall–Kier alpha value is -0.860. The largest absolute Gasteiger partial charge is 0.128 e. The molecule has 3 rings (SSSR count). The van der Waals surface area contributed by atoms with Gasteiger partial charge in [-0.1, -0.05) is 36.4 Å². The standard InChI is InChI=1S/C12H7BrS/c13-11-7-9-6-5-8-3-1-2-4-10(8)12(9)14-11/h1-7H. The molecule has 0 fully saturated rings. The highest BCUT2D eigenvalue weighted by Crippen LogP contribution is 2.34. The lowest BCUT2D eigenvalue weighted by molar-refractivity contribution is 1.81. The van der Waals surface area contributed by atoms with E-state index in [9.17, 15) is 0 Å². The number of fused-ring (bicyclic) bond motifs is 3. The number of benzene rings is 2. The lowest BCUT2D eigenvalue weighted by Crippen LogP contribution is -1.70. The second kappa shape index (κ2) is 3.07. The summed E-state index contributed by atoms with van der Waals surface area (Å²) < 4.78 is 2.57. The average molecular weight is 263 g/mol. The van der Waals surface area contributed by atoms with Crippen LogP contribution >= 0.6 is 27.3 Å². The molecule has 0 aliphatic carbocycles. The van der Waals surface area contributed by atoms with Gasteiger partial charge in [0.25, 0.3) is 0 Å². The summed E-state index contributed by atoms with van der Waals surface area (Å²) in [4.78, 5) is 0. The molecule has 0 saturated heterocycles. The highest BCUT2D eigenvalue weighted by Gasteiger charge is 2.02. The summed E-state index contributed by atoms with van der Waals surface area (Å²) in [7, 11) is 0. The van der Waals surface area contributed by atoms with Gasteiger partial charge >= 0.3 is 0 Å². The highest BCUT2D eigenvalue weighted by molar-refractivity contribution is 9.11. The fourth-order valence-corrected chi connectivity index (χ4v) is 3.39. The van der Waals surface area contributed by atoms with Crippen molar-refractivity contribution in [2.45, 2.75) is 0 Å². The quantitative estimate of drug-likeness (QED) is 0.545. The molecule has 0 bridgehead atoms. The van der Waals surface area contributed by atoms with Crippen LogP contribution < -0.4 is 0 Å². The van der Waals surface area contributed by atoms with Crippen LogP contribution in [0.1, 0.15) is 0 Å². The van der Waals surface area contributed by atoms with Crippen molar-refractivity contribution in [3.05, 3.63) is 46.3 Å². The normalized spacial score (nSPS) is 11.2. The zero-order valence-electron chi connectivity index (χ0n) is 7.33. The maximum absolute atomic E-state index is 3.53. The van der Waals surface area contributed by atoms with E-state index in [1.807, 2.05) is 0 Å². The van der Waals surface area contributed by atoms with E-state index in [4.69, 9.17) is 0 Å². The Morgan fingerprint density at radius 2 is 1.71 bits per heavy atom.